The quantitative estimate of drug-likeness (QED) is 0.924. The number of hydrogen-bond donors (Lipinski definition) is 1. The zero-order valence-electron chi connectivity index (χ0n) is 13.2. The molecule has 20 heavy (non-hydrogen) atoms. The van der Waals surface area contributed by atoms with Crippen molar-refractivity contribution in [1.82, 2.24) is 10.2 Å². The Morgan fingerprint density at radius 3 is 2.35 bits per heavy atom. The van der Waals surface area contributed by atoms with Crippen LogP contribution in [0, 0.1) is 0 Å². The van der Waals surface area contributed by atoms with Gasteiger partial charge in [0.15, 0.2) is 0 Å². The van der Waals surface area contributed by atoms with Crippen LogP contribution in [0.4, 0.5) is 5.69 Å². The van der Waals surface area contributed by atoms with Gasteiger partial charge in [-0.2, -0.15) is 0 Å². The summed E-state index contributed by atoms with van der Waals surface area (Å²) in [5, 5.41) is 4.09. The summed E-state index contributed by atoms with van der Waals surface area (Å²) < 4.78 is 0. The minimum Gasteiger partial charge on any atom is -0.368 e. The smallest absolute Gasteiger partial charge is 0.0474 e. The minimum atomic E-state index is 0.280. The maximum atomic E-state index is 6.45. The van der Waals surface area contributed by atoms with Crippen LogP contribution in [-0.4, -0.2) is 44.2 Å². The molecule has 3 atom stereocenters. The topological polar surface area (TPSA) is 18.5 Å². The number of anilines is 1. The van der Waals surface area contributed by atoms with Crippen molar-refractivity contribution < 1.29 is 0 Å². The number of hydrogen-bond acceptors (Lipinski definition) is 3. The number of nitrogens with zero attached hydrogens (tertiary/aromatic N) is 2. The second kappa shape index (κ2) is 6.33. The third-order valence-corrected chi connectivity index (χ3v) is 4.94. The summed E-state index contributed by atoms with van der Waals surface area (Å²) in [6.45, 7) is 8.79. The Morgan fingerprint density at radius 2 is 1.85 bits per heavy atom. The maximum Gasteiger partial charge on any atom is 0.0474 e. The molecule has 1 saturated heterocycles. The highest BCUT2D eigenvalue weighted by atomic mass is 35.5. The first kappa shape index (κ1) is 15.6. The SMILES string of the molecule is CNC(C)c1ccc(N2CC(C)N(C)C(C)C2)cc1Cl. The van der Waals surface area contributed by atoms with E-state index >= 15 is 0 Å². The lowest BCUT2D eigenvalue weighted by Crippen LogP contribution is -2.55. The Balaban J connectivity index is 2.20. The fraction of sp³-hybridized carbons (Fsp3) is 0.625. The van der Waals surface area contributed by atoms with Crippen molar-refractivity contribution in [3.05, 3.63) is 28.8 Å². The summed E-state index contributed by atoms with van der Waals surface area (Å²) in [7, 11) is 4.16. The minimum absolute atomic E-state index is 0.280. The number of benzene rings is 1. The predicted molar refractivity (Wildman–Crippen MR) is 87.8 cm³/mol. The first-order chi connectivity index (χ1) is 9.43. The fourth-order valence-electron chi connectivity index (χ4n) is 2.83. The number of nitrogens with one attached hydrogen (secondary N) is 1. The van der Waals surface area contributed by atoms with Crippen molar-refractivity contribution in [2.75, 3.05) is 32.1 Å². The van der Waals surface area contributed by atoms with E-state index in [-0.39, 0.29) is 6.04 Å². The summed E-state index contributed by atoms with van der Waals surface area (Å²) in [6.07, 6.45) is 0. The Labute approximate surface area is 127 Å². The molecular formula is C16H26ClN3. The van der Waals surface area contributed by atoms with E-state index in [2.05, 4.69) is 61.1 Å². The van der Waals surface area contributed by atoms with Gasteiger partial charge in [-0.1, -0.05) is 17.7 Å². The molecule has 1 aromatic carbocycles. The van der Waals surface area contributed by atoms with Gasteiger partial charge in [0.25, 0.3) is 0 Å². The molecule has 0 radical (unpaired) electrons. The van der Waals surface area contributed by atoms with Crippen LogP contribution in [-0.2, 0) is 0 Å². The molecule has 2 rings (SSSR count). The largest absolute Gasteiger partial charge is 0.368 e. The van der Waals surface area contributed by atoms with Crippen molar-refractivity contribution in [2.24, 2.45) is 0 Å². The first-order valence-electron chi connectivity index (χ1n) is 7.37. The lowest BCUT2D eigenvalue weighted by molar-refractivity contribution is 0.170. The summed E-state index contributed by atoms with van der Waals surface area (Å²) in [5.41, 5.74) is 2.39. The van der Waals surface area contributed by atoms with Gasteiger partial charge in [0, 0.05) is 41.9 Å². The van der Waals surface area contributed by atoms with E-state index in [1.165, 1.54) is 5.69 Å². The van der Waals surface area contributed by atoms with Crippen molar-refractivity contribution in [1.29, 1.82) is 0 Å². The van der Waals surface area contributed by atoms with Crippen LogP contribution in [0.2, 0.25) is 5.02 Å². The lowest BCUT2D eigenvalue weighted by Gasteiger charge is -2.43. The number of likely N-dealkylation sites (N-methyl/N-ethyl adjacent to an activating group) is 1. The van der Waals surface area contributed by atoms with Crippen molar-refractivity contribution >= 4 is 17.3 Å². The average molecular weight is 296 g/mol. The molecule has 4 heteroatoms. The van der Waals surface area contributed by atoms with Gasteiger partial charge in [-0.15, -0.1) is 0 Å². The Kier molecular flexibility index (Phi) is 4.95. The molecule has 1 N–H and O–H groups in total. The Morgan fingerprint density at radius 1 is 1.25 bits per heavy atom. The lowest BCUT2D eigenvalue weighted by atomic mass is 10.1. The molecule has 1 fully saturated rings. The normalized spacial score (nSPS) is 25.8. The zero-order chi connectivity index (χ0) is 14.9. The molecule has 0 amide bonds. The predicted octanol–water partition coefficient (Wildman–Crippen LogP) is 3.15. The van der Waals surface area contributed by atoms with E-state index in [4.69, 9.17) is 11.6 Å². The molecule has 0 spiro atoms. The molecule has 112 valence electrons. The van der Waals surface area contributed by atoms with E-state index in [0.29, 0.717) is 12.1 Å². The molecule has 1 aliphatic rings. The van der Waals surface area contributed by atoms with E-state index in [0.717, 1.165) is 23.7 Å². The average Bonchev–Trinajstić information content (AvgIpc) is 2.43. The van der Waals surface area contributed by atoms with Gasteiger partial charge in [0.1, 0.15) is 0 Å². The third-order valence-electron chi connectivity index (χ3n) is 4.61. The third kappa shape index (κ3) is 3.11. The zero-order valence-corrected chi connectivity index (χ0v) is 13.9. The second-order valence-corrected chi connectivity index (χ2v) is 6.39. The van der Waals surface area contributed by atoms with Crippen molar-refractivity contribution in [3.63, 3.8) is 0 Å². The Hall–Kier alpha value is -0.770. The number of rotatable bonds is 3. The molecule has 1 aromatic rings. The van der Waals surface area contributed by atoms with Crippen LogP contribution in [0.15, 0.2) is 18.2 Å². The van der Waals surface area contributed by atoms with E-state index < -0.39 is 0 Å². The highest BCUT2D eigenvalue weighted by molar-refractivity contribution is 6.31. The molecule has 1 aliphatic heterocycles. The highest BCUT2D eigenvalue weighted by Gasteiger charge is 2.26. The monoisotopic (exact) mass is 295 g/mol. The van der Waals surface area contributed by atoms with Crippen molar-refractivity contribution in [2.45, 2.75) is 38.9 Å². The maximum absolute atomic E-state index is 6.45. The van der Waals surface area contributed by atoms with Gasteiger partial charge in [0.05, 0.1) is 0 Å². The molecule has 0 bridgehead atoms. The van der Waals surface area contributed by atoms with Crippen LogP contribution >= 0.6 is 11.6 Å². The van der Waals surface area contributed by atoms with Gasteiger partial charge in [-0.3, -0.25) is 4.90 Å². The van der Waals surface area contributed by atoms with Gasteiger partial charge in [0.2, 0.25) is 0 Å². The molecule has 0 saturated carbocycles. The first-order valence-corrected chi connectivity index (χ1v) is 7.75. The van der Waals surface area contributed by atoms with Crippen LogP contribution in [0.25, 0.3) is 0 Å². The van der Waals surface area contributed by atoms with E-state index in [1.807, 2.05) is 7.05 Å². The molecular weight excluding hydrogens is 270 g/mol. The van der Waals surface area contributed by atoms with E-state index in [1.54, 1.807) is 0 Å². The van der Waals surface area contributed by atoms with Gasteiger partial charge in [-0.25, -0.2) is 0 Å². The van der Waals surface area contributed by atoms with Gasteiger partial charge in [-0.05, 0) is 52.6 Å². The summed E-state index contributed by atoms with van der Waals surface area (Å²) in [4.78, 5) is 4.88. The van der Waals surface area contributed by atoms with Crippen LogP contribution in [0.1, 0.15) is 32.4 Å². The molecule has 3 nitrogen and oxygen atoms in total. The molecule has 0 aliphatic carbocycles. The summed E-state index contributed by atoms with van der Waals surface area (Å²) in [6, 6.07) is 7.85. The number of halogens is 1. The fourth-order valence-corrected chi connectivity index (χ4v) is 3.17. The van der Waals surface area contributed by atoms with Gasteiger partial charge >= 0.3 is 0 Å². The molecule has 0 aromatic heterocycles. The summed E-state index contributed by atoms with van der Waals surface area (Å²) in [5.74, 6) is 0. The second-order valence-electron chi connectivity index (χ2n) is 5.98. The standard InChI is InChI=1S/C16H26ClN3/c1-11-9-20(10-12(2)19(11)5)14-6-7-15(13(3)18-4)16(17)8-14/h6-8,11-13,18H,9-10H2,1-5H3. The Bertz CT molecular complexity index is 451. The van der Waals surface area contributed by atoms with E-state index in [9.17, 15) is 0 Å². The van der Waals surface area contributed by atoms with Crippen LogP contribution in [0.5, 0.6) is 0 Å². The van der Waals surface area contributed by atoms with Crippen molar-refractivity contribution in [3.8, 4) is 0 Å². The molecule has 3 unspecified atom stereocenters. The van der Waals surface area contributed by atoms with Crippen LogP contribution in [0.3, 0.4) is 0 Å². The van der Waals surface area contributed by atoms with Gasteiger partial charge < -0.3 is 10.2 Å². The molecule has 1 heterocycles. The summed E-state index contributed by atoms with van der Waals surface area (Å²) >= 11 is 6.45. The highest BCUT2D eigenvalue weighted by Crippen LogP contribution is 2.29. The van der Waals surface area contributed by atoms with Crippen LogP contribution < -0.4 is 10.2 Å². The number of piperazine rings is 1.